The van der Waals surface area contributed by atoms with Gasteiger partial charge in [0, 0.05) is 6.42 Å². The van der Waals surface area contributed by atoms with E-state index in [2.05, 4.69) is 5.32 Å². The van der Waals surface area contributed by atoms with Crippen LogP contribution in [0.5, 0.6) is 0 Å². The summed E-state index contributed by atoms with van der Waals surface area (Å²) in [6.07, 6.45) is 0.0288. The second kappa shape index (κ2) is 4.55. The highest BCUT2D eigenvalue weighted by molar-refractivity contribution is 5.87. The molecule has 2 rings (SSSR count). The van der Waals surface area contributed by atoms with Crippen molar-refractivity contribution >= 4 is 11.9 Å². The van der Waals surface area contributed by atoms with Crippen LogP contribution in [0.2, 0.25) is 0 Å². The molecule has 1 heterocycles. The van der Waals surface area contributed by atoms with Crippen LogP contribution >= 0.6 is 0 Å². The molecule has 2 unspecified atom stereocenters. The first kappa shape index (κ1) is 11.6. The monoisotopic (exact) mass is 235 g/mol. The highest BCUT2D eigenvalue weighted by atomic mass is 16.4. The van der Waals surface area contributed by atoms with Crippen molar-refractivity contribution < 1.29 is 19.8 Å². The summed E-state index contributed by atoms with van der Waals surface area (Å²) < 4.78 is 0. The summed E-state index contributed by atoms with van der Waals surface area (Å²) in [6.45, 7) is 0. The van der Waals surface area contributed by atoms with E-state index in [0.29, 0.717) is 18.4 Å². The predicted octanol–water partition coefficient (Wildman–Crippen LogP) is 0.697. The van der Waals surface area contributed by atoms with E-state index in [-0.39, 0.29) is 11.5 Å². The molecule has 90 valence electrons. The standard InChI is InChI=1S/C12H13NO4/c14-9-4-5-10(15)13-11(9)7-2-1-3-8(6-7)12(16)17/h1-3,6,9,11,14H,4-5H2,(H,13,15)(H,16,17). The minimum atomic E-state index is -1.02. The first-order valence-electron chi connectivity index (χ1n) is 5.38. The van der Waals surface area contributed by atoms with Crippen LogP contribution in [-0.2, 0) is 4.79 Å². The van der Waals surface area contributed by atoms with Crippen LogP contribution < -0.4 is 5.32 Å². The number of carboxylic acid groups (broad SMARTS) is 1. The zero-order valence-corrected chi connectivity index (χ0v) is 9.09. The van der Waals surface area contributed by atoms with Gasteiger partial charge in [-0.3, -0.25) is 4.79 Å². The number of hydrogen-bond acceptors (Lipinski definition) is 3. The zero-order valence-electron chi connectivity index (χ0n) is 9.09. The van der Waals surface area contributed by atoms with E-state index >= 15 is 0 Å². The number of carbonyl (C=O) groups is 2. The van der Waals surface area contributed by atoms with Gasteiger partial charge in [0.25, 0.3) is 0 Å². The second-order valence-electron chi connectivity index (χ2n) is 4.08. The van der Waals surface area contributed by atoms with Crippen LogP contribution in [0.15, 0.2) is 24.3 Å². The van der Waals surface area contributed by atoms with Gasteiger partial charge in [-0.15, -0.1) is 0 Å². The lowest BCUT2D eigenvalue weighted by Crippen LogP contribution is -2.41. The SMILES string of the molecule is O=C1CCC(O)C(c2cccc(C(=O)O)c2)N1. The lowest BCUT2D eigenvalue weighted by Gasteiger charge is -2.29. The number of benzene rings is 1. The summed E-state index contributed by atoms with van der Waals surface area (Å²) in [5.41, 5.74) is 0.764. The number of carbonyl (C=O) groups excluding carboxylic acids is 1. The van der Waals surface area contributed by atoms with Gasteiger partial charge in [-0.25, -0.2) is 4.79 Å². The number of carboxylic acids is 1. The van der Waals surface area contributed by atoms with E-state index in [0.717, 1.165) is 0 Å². The lowest BCUT2D eigenvalue weighted by atomic mass is 9.93. The molecule has 3 N–H and O–H groups in total. The minimum absolute atomic E-state index is 0.124. The van der Waals surface area contributed by atoms with Gasteiger partial charge in [0.1, 0.15) is 0 Å². The highest BCUT2D eigenvalue weighted by Gasteiger charge is 2.28. The number of piperidine rings is 1. The quantitative estimate of drug-likeness (QED) is 0.704. The molecule has 5 nitrogen and oxygen atoms in total. The fraction of sp³-hybridized carbons (Fsp3) is 0.333. The van der Waals surface area contributed by atoms with E-state index in [1.807, 2.05) is 0 Å². The van der Waals surface area contributed by atoms with Gasteiger partial charge in [0.05, 0.1) is 17.7 Å². The maximum atomic E-state index is 11.3. The van der Waals surface area contributed by atoms with Crippen molar-refractivity contribution in [1.82, 2.24) is 5.32 Å². The Morgan fingerprint density at radius 2 is 2.18 bits per heavy atom. The summed E-state index contributed by atoms with van der Waals surface area (Å²) in [5, 5.41) is 21.3. The number of aliphatic hydroxyl groups excluding tert-OH is 1. The molecule has 1 aromatic carbocycles. The topological polar surface area (TPSA) is 86.6 Å². The van der Waals surface area contributed by atoms with Gasteiger partial charge in [-0.1, -0.05) is 12.1 Å². The first-order valence-corrected chi connectivity index (χ1v) is 5.38. The number of amides is 1. The van der Waals surface area contributed by atoms with Gasteiger partial charge in [-0.05, 0) is 24.1 Å². The normalized spacial score (nSPS) is 24.2. The summed E-state index contributed by atoms with van der Waals surface area (Å²) in [7, 11) is 0. The third-order valence-corrected chi connectivity index (χ3v) is 2.86. The molecular formula is C12H13NO4. The fourth-order valence-corrected chi connectivity index (χ4v) is 1.96. The smallest absolute Gasteiger partial charge is 0.335 e. The van der Waals surface area contributed by atoms with Gasteiger partial charge in [-0.2, -0.15) is 0 Å². The van der Waals surface area contributed by atoms with Crippen molar-refractivity contribution in [3.05, 3.63) is 35.4 Å². The summed E-state index contributed by atoms with van der Waals surface area (Å²) >= 11 is 0. The van der Waals surface area contributed by atoms with Crippen molar-refractivity contribution in [1.29, 1.82) is 0 Å². The molecule has 0 radical (unpaired) electrons. The molecule has 1 amide bonds. The molecule has 1 aliphatic heterocycles. The number of rotatable bonds is 2. The van der Waals surface area contributed by atoms with Crippen molar-refractivity contribution in [2.45, 2.75) is 25.0 Å². The maximum Gasteiger partial charge on any atom is 0.335 e. The predicted molar refractivity (Wildman–Crippen MR) is 59.5 cm³/mol. The van der Waals surface area contributed by atoms with Gasteiger partial charge < -0.3 is 15.5 Å². The Hall–Kier alpha value is -1.88. The maximum absolute atomic E-state index is 11.3. The van der Waals surface area contributed by atoms with E-state index in [1.54, 1.807) is 12.1 Å². The second-order valence-corrected chi connectivity index (χ2v) is 4.08. The van der Waals surface area contributed by atoms with Crippen LogP contribution in [0.1, 0.15) is 34.8 Å². The molecule has 1 aromatic rings. The lowest BCUT2D eigenvalue weighted by molar-refractivity contribution is -0.126. The number of hydrogen-bond donors (Lipinski definition) is 3. The number of aliphatic hydroxyl groups is 1. The number of aromatic carboxylic acids is 1. The summed E-state index contributed by atoms with van der Waals surface area (Å²) in [5.74, 6) is -1.15. The largest absolute Gasteiger partial charge is 0.478 e. The van der Waals surface area contributed by atoms with Crippen LogP contribution in [-0.4, -0.2) is 28.2 Å². The molecule has 0 aromatic heterocycles. The molecule has 2 atom stereocenters. The summed E-state index contributed by atoms with van der Waals surface area (Å²) in [6, 6.07) is 5.73. The molecular weight excluding hydrogens is 222 g/mol. The minimum Gasteiger partial charge on any atom is -0.478 e. The molecule has 0 spiro atoms. The van der Waals surface area contributed by atoms with E-state index in [1.165, 1.54) is 12.1 Å². The van der Waals surface area contributed by atoms with Crippen molar-refractivity contribution in [3.63, 3.8) is 0 Å². The molecule has 0 aliphatic carbocycles. The first-order chi connectivity index (χ1) is 8.08. The Kier molecular flexibility index (Phi) is 3.10. The van der Waals surface area contributed by atoms with E-state index in [4.69, 9.17) is 5.11 Å². The molecule has 1 saturated heterocycles. The fourth-order valence-electron chi connectivity index (χ4n) is 1.96. The van der Waals surface area contributed by atoms with Crippen molar-refractivity contribution in [2.75, 3.05) is 0 Å². The van der Waals surface area contributed by atoms with Gasteiger partial charge >= 0.3 is 5.97 Å². The Balaban J connectivity index is 2.29. The molecule has 0 bridgehead atoms. The highest BCUT2D eigenvalue weighted by Crippen LogP contribution is 2.24. The molecule has 17 heavy (non-hydrogen) atoms. The Labute approximate surface area is 98.1 Å². The molecule has 0 saturated carbocycles. The van der Waals surface area contributed by atoms with Crippen LogP contribution in [0, 0.1) is 0 Å². The molecule has 1 fully saturated rings. The number of nitrogens with one attached hydrogen (secondary N) is 1. The average molecular weight is 235 g/mol. The van der Waals surface area contributed by atoms with Crippen molar-refractivity contribution in [2.24, 2.45) is 0 Å². The Bertz CT molecular complexity index is 458. The third kappa shape index (κ3) is 2.45. The van der Waals surface area contributed by atoms with Crippen LogP contribution in [0.3, 0.4) is 0 Å². The average Bonchev–Trinajstić information content (AvgIpc) is 2.32. The van der Waals surface area contributed by atoms with Gasteiger partial charge in [0.2, 0.25) is 5.91 Å². The van der Waals surface area contributed by atoms with Crippen LogP contribution in [0.25, 0.3) is 0 Å². The van der Waals surface area contributed by atoms with Crippen molar-refractivity contribution in [3.8, 4) is 0 Å². The molecule has 1 aliphatic rings. The Morgan fingerprint density at radius 3 is 2.88 bits per heavy atom. The molecule has 5 heteroatoms. The Morgan fingerprint density at radius 1 is 1.41 bits per heavy atom. The zero-order chi connectivity index (χ0) is 12.4. The third-order valence-electron chi connectivity index (χ3n) is 2.86. The van der Waals surface area contributed by atoms with E-state index < -0.39 is 18.1 Å². The van der Waals surface area contributed by atoms with Gasteiger partial charge in [0.15, 0.2) is 0 Å². The van der Waals surface area contributed by atoms with E-state index in [9.17, 15) is 14.7 Å². The summed E-state index contributed by atoms with van der Waals surface area (Å²) in [4.78, 5) is 22.1. The van der Waals surface area contributed by atoms with Crippen LogP contribution in [0.4, 0.5) is 0 Å².